The van der Waals surface area contributed by atoms with Gasteiger partial charge >= 0.3 is 0 Å². The Bertz CT molecular complexity index is 313. The maximum Gasteiger partial charge on any atom is 0.267 e. The van der Waals surface area contributed by atoms with E-state index in [0.29, 0.717) is 0 Å². The zero-order valence-electron chi connectivity index (χ0n) is 7.93. The lowest BCUT2D eigenvalue weighted by Gasteiger charge is -2.04. The molecule has 0 aliphatic rings. The van der Waals surface area contributed by atoms with Gasteiger partial charge in [-0.05, 0) is 25.5 Å². The van der Waals surface area contributed by atoms with E-state index in [0.717, 1.165) is 17.0 Å². The fourth-order valence-corrected chi connectivity index (χ4v) is 1.37. The normalized spacial score (nSPS) is 10.0. The molecule has 1 aromatic heterocycles. The van der Waals surface area contributed by atoms with Crippen LogP contribution in [0.4, 0.5) is 0 Å². The van der Waals surface area contributed by atoms with Gasteiger partial charge in [0, 0.05) is 19.8 Å². The second kappa shape index (κ2) is 3.01. The van der Waals surface area contributed by atoms with E-state index in [1.165, 1.54) is 0 Å². The van der Waals surface area contributed by atoms with Crippen molar-refractivity contribution in [3.05, 3.63) is 23.0 Å². The molecule has 1 amide bonds. The van der Waals surface area contributed by atoms with E-state index in [-0.39, 0.29) is 5.91 Å². The van der Waals surface area contributed by atoms with E-state index >= 15 is 0 Å². The average molecular weight is 166 g/mol. The summed E-state index contributed by atoms with van der Waals surface area (Å²) in [6.07, 6.45) is 0. The van der Waals surface area contributed by atoms with Crippen molar-refractivity contribution in [1.29, 1.82) is 0 Å². The summed E-state index contributed by atoms with van der Waals surface area (Å²) in [6.45, 7) is 3.93. The van der Waals surface area contributed by atoms with Crippen LogP contribution in [0.5, 0.6) is 0 Å². The molecule has 3 nitrogen and oxygen atoms in total. The van der Waals surface area contributed by atoms with Gasteiger partial charge in [0.25, 0.3) is 5.91 Å². The SMILES string of the molecule is CNC(=O)c1c(C)cc(C)n1C. The van der Waals surface area contributed by atoms with Crippen LogP contribution in [0.2, 0.25) is 0 Å². The highest BCUT2D eigenvalue weighted by Crippen LogP contribution is 2.12. The molecular weight excluding hydrogens is 152 g/mol. The summed E-state index contributed by atoms with van der Waals surface area (Å²) < 4.78 is 1.90. The first-order valence-corrected chi connectivity index (χ1v) is 3.93. The van der Waals surface area contributed by atoms with Crippen LogP contribution in [0.1, 0.15) is 21.7 Å². The molecule has 0 fully saturated rings. The number of hydrogen-bond acceptors (Lipinski definition) is 1. The minimum atomic E-state index is -0.0249. The van der Waals surface area contributed by atoms with Gasteiger partial charge in [0.2, 0.25) is 0 Å². The number of carbonyl (C=O) groups is 1. The zero-order valence-corrected chi connectivity index (χ0v) is 7.93. The van der Waals surface area contributed by atoms with Gasteiger partial charge in [-0.15, -0.1) is 0 Å². The lowest BCUT2D eigenvalue weighted by molar-refractivity contribution is 0.0954. The van der Waals surface area contributed by atoms with Crippen molar-refractivity contribution in [3.63, 3.8) is 0 Å². The third kappa shape index (κ3) is 1.22. The molecule has 0 bridgehead atoms. The van der Waals surface area contributed by atoms with E-state index in [1.807, 2.05) is 31.5 Å². The number of amides is 1. The first-order valence-electron chi connectivity index (χ1n) is 3.93. The fraction of sp³-hybridized carbons (Fsp3) is 0.444. The first-order chi connectivity index (χ1) is 5.57. The Morgan fingerprint density at radius 1 is 1.50 bits per heavy atom. The number of rotatable bonds is 1. The van der Waals surface area contributed by atoms with Gasteiger partial charge in [0.05, 0.1) is 0 Å². The molecule has 0 unspecified atom stereocenters. The molecule has 1 aromatic rings. The Hall–Kier alpha value is -1.25. The predicted molar refractivity (Wildman–Crippen MR) is 48.3 cm³/mol. The third-order valence-electron chi connectivity index (χ3n) is 2.11. The Morgan fingerprint density at radius 2 is 2.08 bits per heavy atom. The molecule has 0 radical (unpaired) electrons. The van der Waals surface area contributed by atoms with E-state index in [1.54, 1.807) is 7.05 Å². The number of aryl methyl sites for hydroxylation is 2. The van der Waals surface area contributed by atoms with Crippen LogP contribution in [0.15, 0.2) is 6.07 Å². The van der Waals surface area contributed by atoms with Crippen molar-refractivity contribution in [2.75, 3.05) is 7.05 Å². The van der Waals surface area contributed by atoms with Gasteiger partial charge in [-0.1, -0.05) is 0 Å². The van der Waals surface area contributed by atoms with Gasteiger partial charge in [0.15, 0.2) is 0 Å². The minimum Gasteiger partial charge on any atom is -0.354 e. The van der Waals surface area contributed by atoms with E-state index < -0.39 is 0 Å². The maximum absolute atomic E-state index is 11.3. The number of aromatic nitrogens is 1. The zero-order chi connectivity index (χ0) is 9.30. The molecule has 0 aliphatic carbocycles. The van der Waals surface area contributed by atoms with Crippen LogP contribution < -0.4 is 5.32 Å². The number of nitrogens with one attached hydrogen (secondary N) is 1. The Labute approximate surface area is 72.4 Å². The Balaban J connectivity index is 3.22. The maximum atomic E-state index is 11.3. The van der Waals surface area contributed by atoms with Crippen LogP contribution in [0, 0.1) is 13.8 Å². The van der Waals surface area contributed by atoms with E-state index in [9.17, 15) is 4.79 Å². The first kappa shape index (κ1) is 8.84. The molecule has 0 saturated heterocycles. The summed E-state index contributed by atoms with van der Waals surface area (Å²) in [7, 11) is 3.54. The monoisotopic (exact) mass is 166 g/mol. The van der Waals surface area contributed by atoms with Crippen LogP contribution in [-0.4, -0.2) is 17.5 Å². The van der Waals surface area contributed by atoms with Crippen molar-refractivity contribution < 1.29 is 4.79 Å². The van der Waals surface area contributed by atoms with Gasteiger partial charge in [0.1, 0.15) is 5.69 Å². The molecule has 0 aliphatic heterocycles. The number of nitrogens with zero attached hydrogens (tertiary/aromatic N) is 1. The fourth-order valence-electron chi connectivity index (χ4n) is 1.37. The Kier molecular flexibility index (Phi) is 2.22. The molecule has 3 heteroatoms. The van der Waals surface area contributed by atoms with Gasteiger partial charge in [-0.2, -0.15) is 0 Å². The highest BCUT2D eigenvalue weighted by molar-refractivity contribution is 5.94. The van der Waals surface area contributed by atoms with Crippen molar-refractivity contribution in [1.82, 2.24) is 9.88 Å². The third-order valence-corrected chi connectivity index (χ3v) is 2.11. The lowest BCUT2D eigenvalue weighted by Crippen LogP contribution is -2.21. The van der Waals surface area contributed by atoms with E-state index in [4.69, 9.17) is 0 Å². The second-order valence-corrected chi connectivity index (χ2v) is 2.96. The van der Waals surface area contributed by atoms with Crippen molar-refractivity contribution >= 4 is 5.91 Å². The standard InChI is InChI=1S/C9H14N2O/c1-6-5-7(2)11(4)8(6)9(12)10-3/h5H,1-4H3,(H,10,12). The van der Waals surface area contributed by atoms with Crippen molar-refractivity contribution in [2.24, 2.45) is 7.05 Å². The summed E-state index contributed by atoms with van der Waals surface area (Å²) in [5, 5.41) is 2.62. The van der Waals surface area contributed by atoms with Crippen LogP contribution in [0.3, 0.4) is 0 Å². The van der Waals surface area contributed by atoms with E-state index in [2.05, 4.69) is 5.32 Å². The lowest BCUT2D eigenvalue weighted by atomic mass is 10.2. The molecule has 66 valence electrons. The largest absolute Gasteiger partial charge is 0.354 e. The van der Waals surface area contributed by atoms with Crippen molar-refractivity contribution in [2.45, 2.75) is 13.8 Å². The highest BCUT2D eigenvalue weighted by Gasteiger charge is 2.12. The molecular formula is C9H14N2O. The smallest absolute Gasteiger partial charge is 0.267 e. The number of hydrogen-bond donors (Lipinski definition) is 1. The number of carbonyl (C=O) groups excluding carboxylic acids is 1. The minimum absolute atomic E-state index is 0.0249. The quantitative estimate of drug-likeness (QED) is 0.663. The molecule has 0 aromatic carbocycles. The van der Waals surface area contributed by atoms with Gasteiger partial charge < -0.3 is 9.88 Å². The topological polar surface area (TPSA) is 34.0 Å². The highest BCUT2D eigenvalue weighted by atomic mass is 16.1. The molecule has 1 rings (SSSR count). The predicted octanol–water partition coefficient (Wildman–Crippen LogP) is 1.00. The average Bonchev–Trinajstić information content (AvgIpc) is 2.26. The molecule has 1 heterocycles. The van der Waals surface area contributed by atoms with Gasteiger partial charge in [-0.3, -0.25) is 4.79 Å². The molecule has 0 spiro atoms. The Morgan fingerprint density at radius 3 is 2.42 bits per heavy atom. The van der Waals surface area contributed by atoms with Crippen LogP contribution >= 0.6 is 0 Å². The summed E-state index contributed by atoms with van der Waals surface area (Å²) in [5.74, 6) is -0.0249. The summed E-state index contributed by atoms with van der Waals surface area (Å²) in [5.41, 5.74) is 2.87. The molecule has 12 heavy (non-hydrogen) atoms. The summed E-state index contributed by atoms with van der Waals surface area (Å²) in [6, 6.07) is 2.00. The summed E-state index contributed by atoms with van der Waals surface area (Å²) in [4.78, 5) is 11.3. The molecule has 1 N–H and O–H groups in total. The van der Waals surface area contributed by atoms with Crippen LogP contribution in [0.25, 0.3) is 0 Å². The van der Waals surface area contributed by atoms with Gasteiger partial charge in [-0.25, -0.2) is 0 Å². The molecule has 0 saturated carbocycles. The van der Waals surface area contributed by atoms with Crippen LogP contribution in [-0.2, 0) is 7.05 Å². The summed E-state index contributed by atoms with van der Waals surface area (Å²) >= 11 is 0. The second-order valence-electron chi connectivity index (χ2n) is 2.96. The van der Waals surface area contributed by atoms with Crippen molar-refractivity contribution in [3.8, 4) is 0 Å². The molecule has 0 atom stereocenters.